The molecule has 6 heteroatoms. The van der Waals surface area contributed by atoms with Gasteiger partial charge < -0.3 is 25.0 Å². The Hall–Kier alpha value is -0.690. The van der Waals surface area contributed by atoms with Crippen molar-refractivity contribution in [3.63, 3.8) is 0 Å². The predicted molar refractivity (Wildman–Crippen MR) is 71.5 cm³/mol. The molecule has 0 atom stereocenters. The number of rotatable bonds is 12. The molecule has 0 heterocycles. The zero-order valence-electron chi connectivity index (χ0n) is 11.9. The molecule has 0 aliphatic heterocycles. The lowest BCUT2D eigenvalue weighted by molar-refractivity contribution is -0.119. The van der Waals surface area contributed by atoms with Crippen LogP contribution < -0.4 is 5.73 Å². The fourth-order valence-electron chi connectivity index (χ4n) is 1.18. The van der Waals surface area contributed by atoms with Crippen molar-refractivity contribution in [3.05, 3.63) is 0 Å². The van der Waals surface area contributed by atoms with E-state index in [2.05, 4.69) is 9.80 Å². The Kier molecular flexibility index (Phi) is 11.0. The highest BCUT2D eigenvalue weighted by Crippen LogP contribution is 1.87. The van der Waals surface area contributed by atoms with E-state index in [1.807, 2.05) is 21.1 Å². The standard InChI is InChI=1S/C12H27N3O3/c1-14(2)5-9-18-11-7-15(3)6-10-17-8-4-12(13)16/h4-11H2,1-3H3,(H2,13,16). The molecule has 0 aliphatic rings. The summed E-state index contributed by atoms with van der Waals surface area (Å²) in [6.45, 7) is 5.16. The van der Waals surface area contributed by atoms with Crippen LogP contribution in [0.2, 0.25) is 0 Å². The second-order valence-corrected chi connectivity index (χ2v) is 4.55. The van der Waals surface area contributed by atoms with Crippen LogP contribution >= 0.6 is 0 Å². The number of primary amides is 1. The molecule has 0 radical (unpaired) electrons. The Morgan fingerprint density at radius 3 is 1.94 bits per heavy atom. The molecule has 18 heavy (non-hydrogen) atoms. The fourth-order valence-corrected chi connectivity index (χ4v) is 1.18. The van der Waals surface area contributed by atoms with Gasteiger partial charge in [0.2, 0.25) is 5.91 Å². The van der Waals surface area contributed by atoms with Crippen LogP contribution in [-0.2, 0) is 14.3 Å². The first-order chi connectivity index (χ1) is 8.52. The second-order valence-electron chi connectivity index (χ2n) is 4.55. The number of carbonyl (C=O) groups is 1. The zero-order valence-corrected chi connectivity index (χ0v) is 11.9. The van der Waals surface area contributed by atoms with Crippen molar-refractivity contribution < 1.29 is 14.3 Å². The van der Waals surface area contributed by atoms with Crippen LogP contribution in [0.25, 0.3) is 0 Å². The molecule has 0 saturated carbocycles. The molecule has 0 unspecified atom stereocenters. The average molecular weight is 261 g/mol. The van der Waals surface area contributed by atoms with Crippen LogP contribution in [0.1, 0.15) is 6.42 Å². The van der Waals surface area contributed by atoms with E-state index < -0.39 is 0 Å². The Morgan fingerprint density at radius 1 is 0.944 bits per heavy atom. The highest BCUT2D eigenvalue weighted by atomic mass is 16.5. The number of likely N-dealkylation sites (N-methyl/N-ethyl adjacent to an activating group) is 2. The summed E-state index contributed by atoms with van der Waals surface area (Å²) in [7, 11) is 6.07. The largest absolute Gasteiger partial charge is 0.380 e. The summed E-state index contributed by atoms with van der Waals surface area (Å²) in [6.07, 6.45) is 0.289. The summed E-state index contributed by atoms with van der Waals surface area (Å²) in [6, 6.07) is 0. The highest BCUT2D eigenvalue weighted by molar-refractivity contribution is 5.73. The molecule has 0 rings (SSSR count). The Balaban J connectivity index is 3.22. The minimum absolute atomic E-state index is 0.289. The first-order valence-electron chi connectivity index (χ1n) is 6.29. The van der Waals surface area contributed by atoms with Crippen molar-refractivity contribution >= 4 is 5.91 Å². The normalized spacial score (nSPS) is 11.4. The van der Waals surface area contributed by atoms with Gasteiger partial charge in [-0.1, -0.05) is 0 Å². The molecule has 0 aromatic rings. The molecule has 6 nitrogen and oxygen atoms in total. The van der Waals surface area contributed by atoms with Crippen LogP contribution in [-0.4, -0.2) is 82.9 Å². The summed E-state index contributed by atoms with van der Waals surface area (Å²) < 4.78 is 10.8. The lowest BCUT2D eigenvalue weighted by Crippen LogP contribution is -2.28. The fraction of sp³-hybridized carbons (Fsp3) is 0.917. The first kappa shape index (κ1) is 17.3. The molecule has 0 bridgehead atoms. The van der Waals surface area contributed by atoms with Gasteiger partial charge in [0.15, 0.2) is 0 Å². The number of carbonyl (C=O) groups excluding carboxylic acids is 1. The third kappa shape index (κ3) is 13.4. The van der Waals surface area contributed by atoms with Crippen LogP contribution in [0.5, 0.6) is 0 Å². The van der Waals surface area contributed by atoms with Gasteiger partial charge in [-0.3, -0.25) is 4.79 Å². The highest BCUT2D eigenvalue weighted by Gasteiger charge is 1.99. The van der Waals surface area contributed by atoms with Gasteiger partial charge in [0.25, 0.3) is 0 Å². The van der Waals surface area contributed by atoms with E-state index in [9.17, 15) is 4.79 Å². The third-order valence-electron chi connectivity index (χ3n) is 2.41. The van der Waals surface area contributed by atoms with Crippen molar-refractivity contribution in [1.82, 2.24) is 9.80 Å². The average Bonchev–Trinajstić information content (AvgIpc) is 2.27. The molecule has 0 aromatic carbocycles. The lowest BCUT2D eigenvalue weighted by Gasteiger charge is -2.17. The number of hydrogen-bond acceptors (Lipinski definition) is 5. The van der Waals surface area contributed by atoms with Gasteiger partial charge in [-0.15, -0.1) is 0 Å². The number of hydrogen-bond donors (Lipinski definition) is 1. The molecule has 0 saturated heterocycles. The van der Waals surface area contributed by atoms with E-state index in [1.54, 1.807) is 0 Å². The Labute approximate surface area is 110 Å². The van der Waals surface area contributed by atoms with E-state index in [0.29, 0.717) is 13.2 Å². The van der Waals surface area contributed by atoms with Gasteiger partial charge in [0.05, 0.1) is 26.4 Å². The van der Waals surface area contributed by atoms with Gasteiger partial charge >= 0.3 is 0 Å². The van der Waals surface area contributed by atoms with Crippen LogP contribution in [0.3, 0.4) is 0 Å². The van der Waals surface area contributed by atoms with Crippen molar-refractivity contribution in [1.29, 1.82) is 0 Å². The lowest BCUT2D eigenvalue weighted by atomic mass is 10.4. The van der Waals surface area contributed by atoms with Gasteiger partial charge in [-0.25, -0.2) is 0 Å². The van der Waals surface area contributed by atoms with Gasteiger partial charge in [-0.05, 0) is 21.1 Å². The molecular weight excluding hydrogens is 234 g/mol. The zero-order chi connectivity index (χ0) is 13.8. The summed E-state index contributed by atoms with van der Waals surface area (Å²) >= 11 is 0. The molecule has 1 amide bonds. The summed E-state index contributed by atoms with van der Waals surface area (Å²) in [5.41, 5.74) is 5.00. The van der Waals surface area contributed by atoms with E-state index in [4.69, 9.17) is 15.2 Å². The van der Waals surface area contributed by atoms with Crippen LogP contribution in [0.15, 0.2) is 0 Å². The Bertz CT molecular complexity index is 213. The minimum atomic E-state index is -0.322. The Morgan fingerprint density at radius 2 is 1.44 bits per heavy atom. The van der Waals surface area contributed by atoms with Gasteiger partial charge in [0.1, 0.15) is 0 Å². The van der Waals surface area contributed by atoms with E-state index in [1.165, 1.54) is 0 Å². The van der Waals surface area contributed by atoms with Crippen LogP contribution in [0, 0.1) is 0 Å². The third-order valence-corrected chi connectivity index (χ3v) is 2.41. The molecule has 0 fully saturated rings. The van der Waals surface area contributed by atoms with Crippen molar-refractivity contribution in [2.75, 3.05) is 67.2 Å². The van der Waals surface area contributed by atoms with E-state index in [-0.39, 0.29) is 12.3 Å². The summed E-state index contributed by atoms with van der Waals surface area (Å²) in [5, 5.41) is 0. The van der Waals surface area contributed by atoms with Crippen molar-refractivity contribution in [2.45, 2.75) is 6.42 Å². The number of amides is 1. The van der Waals surface area contributed by atoms with Crippen molar-refractivity contribution in [3.8, 4) is 0 Å². The van der Waals surface area contributed by atoms with Crippen molar-refractivity contribution in [2.24, 2.45) is 5.73 Å². The molecule has 2 N–H and O–H groups in total. The smallest absolute Gasteiger partial charge is 0.219 e. The number of nitrogens with zero attached hydrogens (tertiary/aromatic N) is 2. The summed E-state index contributed by atoms with van der Waals surface area (Å²) in [4.78, 5) is 14.7. The summed E-state index contributed by atoms with van der Waals surface area (Å²) in [5.74, 6) is -0.322. The molecular formula is C12H27N3O3. The maximum Gasteiger partial charge on any atom is 0.219 e. The SMILES string of the molecule is CN(C)CCOCCN(C)CCOCCC(N)=O. The van der Waals surface area contributed by atoms with Crippen LogP contribution in [0.4, 0.5) is 0 Å². The maximum absolute atomic E-state index is 10.5. The maximum atomic E-state index is 10.5. The molecule has 108 valence electrons. The molecule has 0 aromatic heterocycles. The van der Waals surface area contributed by atoms with Gasteiger partial charge in [-0.2, -0.15) is 0 Å². The number of ether oxygens (including phenoxy) is 2. The molecule has 0 spiro atoms. The van der Waals surface area contributed by atoms with E-state index in [0.717, 1.165) is 32.8 Å². The molecule has 0 aliphatic carbocycles. The quantitative estimate of drug-likeness (QED) is 0.475. The predicted octanol–water partition coefficient (Wildman–Crippen LogP) is -0.612. The van der Waals surface area contributed by atoms with E-state index >= 15 is 0 Å². The second kappa shape index (κ2) is 11.4. The number of nitrogens with two attached hydrogens (primary N) is 1. The first-order valence-corrected chi connectivity index (χ1v) is 6.29. The monoisotopic (exact) mass is 261 g/mol. The minimum Gasteiger partial charge on any atom is -0.380 e. The van der Waals surface area contributed by atoms with Gasteiger partial charge in [0, 0.05) is 26.1 Å². The topological polar surface area (TPSA) is 68.0 Å².